The van der Waals surface area contributed by atoms with Crippen LogP contribution < -0.4 is 5.73 Å². The van der Waals surface area contributed by atoms with E-state index in [4.69, 9.17) is 5.73 Å². The van der Waals surface area contributed by atoms with Crippen LogP contribution in [0.15, 0.2) is 30.3 Å². The maximum atomic E-state index is 6.07. The fraction of sp³-hybridized carbons (Fsp3) is 0.600. The Hall–Kier alpha value is -0.860. The Kier molecular flexibility index (Phi) is 2.93. The normalized spacial score (nSPS) is 33.6. The number of likely N-dealkylation sites (tertiary alicyclic amines) is 1. The number of hydrogen-bond acceptors (Lipinski definition) is 2. The van der Waals surface area contributed by atoms with Crippen molar-refractivity contribution in [2.45, 2.75) is 38.3 Å². The molecule has 1 aliphatic carbocycles. The molecule has 2 heteroatoms. The first-order valence-electron chi connectivity index (χ1n) is 6.78. The Labute approximate surface area is 104 Å². The summed E-state index contributed by atoms with van der Waals surface area (Å²) >= 11 is 0. The lowest BCUT2D eigenvalue weighted by Gasteiger charge is -2.24. The van der Waals surface area contributed by atoms with Crippen molar-refractivity contribution in [1.29, 1.82) is 0 Å². The molecule has 2 atom stereocenters. The quantitative estimate of drug-likeness (QED) is 0.845. The van der Waals surface area contributed by atoms with E-state index in [1.54, 1.807) is 0 Å². The van der Waals surface area contributed by atoms with Crippen molar-refractivity contribution in [2.24, 2.45) is 11.1 Å². The van der Waals surface area contributed by atoms with Gasteiger partial charge in [-0.3, -0.25) is 4.90 Å². The van der Waals surface area contributed by atoms with Crippen molar-refractivity contribution in [1.82, 2.24) is 4.90 Å². The zero-order chi connectivity index (χ0) is 11.7. The number of rotatable bonds is 2. The lowest BCUT2D eigenvalue weighted by molar-refractivity contribution is 0.254. The second-order valence-corrected chi connectivity index (χ2v) is 5.95. The summed E-state index contributed by atoms with van der Waals surface area (Å²) in [7, 11) is 0. The molecule has 1 aliphatic heterocycles. The predicted molar refractivity (Wildman–Crippen MR) is 70.6 cm³/mol. The van der Waals surface area contributed by atoms with Crippen LogP contribution in [-0.4, -0.2) is 24.0 Å². The minimum Gasteiger partial charge on any atom is -0.328 e. The zero-order valence-corrected chi connectivity index (χ0v) is 10.4. The van der Waals surface area contributed by atoms with Gasteiger partial charge in [0.2, 0.25) is 0 Å². The average molecular weight is 230 g/mol. The van der Waals surface area contributed by atoms with Gasteiger partial charge in [-0.05, 0) is 43.2 Å². The van der Waals surface area contributed by atoms with E-state index in [1.807, 2.05) is 0 Å². The first kappa shape index (κ1) is 11.2. The predicted octanol–water partition coefficient (Wildman–Crippen LogP) is 2.39. The van der Waals surface area contributed by atoms with E-state index >= 15 is 0 Å². The largest absolute Gasteiger partial charge is 0.328 e. The topological polar surface area (TPSA) is 29.3 Å². The molecule has 2 aliphatic rings. The monoisotopic (exact) mass is 230 g/mol. The van der Waals surface area contributed by atoms with Crippen molar-refractivity contribution in [3.8, 4) is 0 Å². The van der Waals surface area contributed by atoms with Gasteiger partial charge in [0.25, 0.3) is 0 Å². The van der Waals surface area contributed by atoms with Gasteiger partial charge in [0, 0.05) is 19.1 Å². The fourth-order valence-corrected chi connectivity index (χ4v) is 3.63. The van der Waals surface area contributed by atoms with Crippen molar-refractivity contribution < 1.29 is 0 Å². The highest BCUT2D eigenvalue weighted by Crippen LogP contribution is 2.45. The van der Waals surface area contributed by atoms with Gasteiger partial charge in [-0.1, -0.05) is 30.3 Å². The first-order valence-corrected chi connectivity index (χ1v) is 6.78. The summed E-state index contributed by atoms with van der Waals surface area (Å²) in [4.78, 5) is 2.60. The molecule has 2 N–H and O–H groups in total. The number of nitrogens with two attached hydrogens (primary N) is 1. The van der Waals surface area contributed by atoms with Crippen LogP contribution in [-0.2, 0) is 6.54 Å². The van der Waals surface area contributed by atoms with E-state index < -0.39 is 0 Å². The molecule has 2 fully saturated rings. The summed E-state index contributed by atoms with van der Waals surface area (Å²) in [6.45, 7) is 3.62. The first-order chi connectivity index (χ1) is 8.26. The summed E-state index contributed by atoms with van der Waals surface area (Å²) in [5.74, 6) is 0. The highest BCUT2D eigenvalue weighted by molar-refractivity contribution is 5.15. The van der Waals surface area contributed by atoms with Gasteiger partial charge in [-0.15, -0.1) is 0 Å². The maximum absolute atomic E-state index is 6.07. The molecule has 0 bridgehead atoms. The Morgan fingerprint density at radius 2 is 2.06 bits per heavy atom. The molecule has 2 nitrogen and oxygen atoms in total. The summed E-state index contributed by atoms with van der Waals surface area (Å²) in [6.07, 6.45) is 5.18. The molecular formula is C15H22N2. The van der Waals surface area contributed by atoms with Crippen LogP contribution in [0, 0.1) is 5.41 Å². The third-order valence-corrected chi connectivity index (χ3v) is 4.51. The third kappa shape index (κ3) is 2.38. The lowest BCUT2D eigenvalue weighted by Crippen LogP contribution is -2.26. The second kappa shape index (κ2) is 4.43. The molecule has 1 heterocycles. The molecule has 0 radical (unpaired) electrons. The minimum atomic E-state index is 0.465. The molecule has 0 unspecified atom stereocenters. The molecular weight excluding hydrogens is 208 g/mol. The SMILES string of the molecule is N[C@@H]1CC[C@]2(CCN(Cc3ccccc3)C2)C1. The van der Waals surface area contributed by atoms with Crippen LogP contribution in [0.2, 0.25) is 0 Å². The van der Waals surface area contributed by atoms with E-state index in [2.05, 4.69) is 35.2 Å². The Morgan fingerprint density at radius 1 is 1.24 bits per heavy atom. The van der Waals surface area contributed by atoms with E-state index in [9.17, 15) is 0 Å². The molecule has 92 valence electrons. The second-order valence-electron chi connectivity index (χ2n) is 5.95. The maximum Gasteiger partial charge on any atom is 0.0233 e. The summed E-state index contributed by atoms with van der Waals surface area (Å²) < 4.78 is 0. The van der Waals surface area contributed by atoms with Crippen molar-refractivity contribution >= 4 is 0 Å². The van der Waals surface area contributed by atoms with E-state index in [-0.39, 0.29) is 0 Å². The smallest absolute Gasteiger partial charge is 0.0233 e. The van der Waals surface area contributed by atoms with Gasteiger partial charge in [-0.2, -0.15) is 0 Å². The van der Waals surface area contributed by atoms with Crippen LogP contribution in [0.1, 0.15) is 31.2 Å². The number of hydrogen-bond donors (Lipinski definition) is 1. The average Bonchev–Trinajstić information content (AvgIpc) is 2.88. The Bertz CT molecular complexity index is 376. The van der Waals surface area contributed by atoms with Crippen molar-refractivity contribution in [3.05, 3.63) is 35.9 Å². The molecule has 0 aromatic heterocycles. The number of benzene rings is 1. The lowest BCUT2D eigenvalue weighted by atomic mass is 9.85. The van der Waals surface area contributed by atoms with Crippen LogP contribution in [0.25, 0.3) is 0 Å². The zero-order valence-electron chi connectivity index (χ0n) is 10.4. The van der Waals surface area contributed by atoms with Gasteiger partial charge >= 0.3 is 0 Å². The molecule has 0 amide bonds. The molecule has 1 aromatic carbocycles. The standard InChI is InChI=1S/C15H22N2/c16-14-6-7-15(10-14)8-9-17(12-15)11-13-4-2-1-3-5-13/h1-5,14H,6-12,16H2/t14-,15+/m1/s1. The summed E-state index contributed by atoms with van der Waals surface area (Å²) in [5, 5.41) is 0. The van der Waals surface area contributed by atoms with E-state index in [0.29, 0.717) is 11.5 Å². The van der Waals surface area contributed by atoms with Gasteiger partial charge in [0.15, 0.2) is 0 Å². The van der Waals surface area contributed by atoms with Crippen LogP contribution >= 0.6 is 0 Å². The van der Waals surface area contributed by atoms with Gasteiger partial charge < -0.3 is 5.73 Å². The molecule has 1 aromatic rings. The highest BCUT2D eigenvalue weighted by Gasteiger charge is 2.42. The molecule has 1 saturated heterocycles. The molecule has 3 rings (SSSR count). The van der Waals surface area contributed by atoms with E-state index in [1.165, 1.54) is 44.3 Å². The van der Waals surface area contributed by atoms with Crippen molar-refractivity contribution in [2.75, 3.05) is 13.1 Å². The Morgan fingerprint density at radius 3 is 2.76 bits per heavy atom. The fourth-order valence-electron chi connectivity index (χ4n) is 3.63. The highest BCUT2D eigenvalue weighted by atomic mass is 15.2. The van der Waals surface area contributed by atoms with Crippen LogP contribution in [0.5, 0.6) is 0 Å². The molecule has 17 heavy (non-hydrogen) atoms. The van der Waals surface area contributed by atoms with Gasteiger partial charge in [0.05, 0.1) is 0 Å². The number of nitrogens with zero attached hydrogens (tertiary/aromatic N) is 1. The van der Waals surface area contributed by atoms with Crippen LogP contribution in [0.3, 0.4) is 0 Å². The van der Waals surface area contributed by atoms with Gasteiger partial charge in [-0.25, -0.2) is 0 Å². The molecule has 1 saturated carbocycles. The van der Waals surface area contributed by atoms with E-state index in [0.717, 1.165) is 6.54 Å². The van der Waals surface area contributed by atoms with Crippen molar-refractivity contribution in [3.63, 3.8) is 0 Å². The minimum absolute atomic E-state index is 0.465. The van der Waals surface area contributed by atoms with Gasteiger partial charge in [0.1, 0.15) is 0 Å². The Balaban J connectivity index is 1.61. The molecule has 1 spiro atoms. The summed E-state index contributed by atoms with van der Waals surface area (Å²) in [6, 6.07) is 11.3. The summed E-state index contributed by atoms with van der Waals surface area (Å²) in [5.41, 5.74) is 8.07. The third-order valence-electron chi connectivity index (χ3n) is 4.51. The van der Waals surface area contributed by atoms with Crippen LogP contribution in [0.4, 0.5) is 0 Å².